The molecular formula is C32H41NO7S2. The topological polar surface area (TPSA) is 97.4 Å². The summed E-state index contributed by atoms with van der Waals surface area (Å²) in [6, 6.07) is 25.6. The second kappa shape index (κ2) is 15.6. The van der Waals surface area contributed by atoms with Crippen LogP contribution in [0, 0.1) is 0 Å². The molecule has 0 saturated carbocycles. The first kappa shape index (κ1) is 32.2. The van der Waals surface area contributed by atoms with Crippen molar-refractivity contribution in [3.8, 4) is 11.5 Å². The van der Waals surface area contributed by atoms with Gasteiger partial charge in [0.25, 0.3) is 0 Å². The number of hydrogen-bond donors (Lipinski definition) is 0. The van der Waals surface area contributed by atoms with E-state index in [0.717, 1.165) is 56.8 Å². The van der Waals surface area contributed by atoms with Gasteiger partial charge in [0.15, 0.2) is 27.3 Å². The Morgan fingerprint density at radius 1 is 0.833 bits per heavy atom. The van der Waals surface area contributed by atoms with Crippen molar-refractivity contribution in [2.45, 2.75) is 72.7 Å². The van der Waals surface area contributed by atoms with Crippen LogP contribution in [-0.2, 0) is 30.5 Å². The Labute approximate surface area is 253 Å². The predicted molar refractivity (Wildman–Crippen MR) is 164 cm³/mol. The molecule has 3 aromatic rings. The van der Waals surface area contributed by atoms with Gasteiger partial charge in [0, 0.05) is 50.5 Å². The quantitative estimate of drug-likeness (QED) is 0.186. The van der Waals surface area contributed by atoms with E-state index in [1.165, 1.54) is 20.4 Å². The summed E-state index contributed by atoms with van der Waals surface area (Å²) in [7, 11) is -0.135. The molecule has 10 heteroatoms. The third-order valence-corrected chi connectivity index (χ3v) is 9.71. The molecule has 0 N–H and O–H groups in total. The average molecular weight is 616 g/mol. The first-order valence-electron chi connectivity index (χ1n) is 14.4. The van der Waals surface area contributed by atoms with Gasteiger partial charge in [0.1, 0.15) is 11.5 Å². The zero-order chi connectivity index (χ0) is 30.0. The van der Waals surface area contributed by atoms with Crippen LogP contribution in [0.3, 0.4) is 0 Å². The Kier molecular flexibility index (Phi) is 12.0. The van der Waals surface area contributed by atoms with Crippen LogP contribution in [-0.4, -0.2) is 58.6 Å². The molecule has 3 aromatic carbocycles. The lowest BCUT2D eigenvalue weighted by atomic mass is 10.3. The third-order valence-electron chi connectivity index (χ3n) is 6.73. The summed E-state index contributed by atoms with van der Waals surface area (Å²) in [6.07, 6.45) is 4.89. The van der Waals surface area contributed by atoms with Gasteiger partial charge in [-0.25, -0.2) is 8.42 Å². The highest BCUT2D eigenvalue weighted by atomic mass is 32.2. The first-order valence-corrected chi connectivity index (χ1v) is 17.2. The van der Waals surface area contributed by atoms with E-state index in [9.17, 15) is 13.0 Å². The molecule has 42 heavy (non-hydrogen) atoms. The van der Waals surface area contributed by atoms with E-state index in [4.69, 9.17) is 18.9 Å². The highest BCUT2D eigenvalue weighted by molar-refractivity contribution is 7.97. The lowest BCUT2D eigenvalue weighted by Gasteiger charge is -2.16. The molecule has 5 rings (SSSR count). The van der Waals surface area contributed by atoms with Crippen LogP contribution in [0.15, 0.2) is 87.5 Å². The fourth-order valence-electron chi connectivity index (χ4n) is 4.54. The molecule has 2 atom stereocenters. The van der Waals surface area contributed by atoms with Gasteiger partial charge >= 0.3 is 0 Å². The zero-order valence-corrected chi connectivity index (χ0v) is 26.2. The van der Waals surface area contributed by atoms with Gasteiger partial charge in [-0.3, -0.25) is 0 Å². The first-order chi connectivity index (χ1) is 20.2. The standard InChI is InChI=1S/C28H32NO4S.C4H10O3S/c1-29(2)21-13-15-24(16-14-21)34(25-9-3-7-22(19-25)32-27-11-5-17-30-27)26-10-4-8-23(20-26)33-28-12-6-18-31-28;1-2-3-4-8(5,6)7/h3-4,7-10,13-16,19-20,27-28H,5-6,11-12,17-18H2,1-2H3;2-4H2,1H3,(H,5,6,7)/q+1;/p-1. The van der Waals surface area contributed by atoms with Gasteiger partial charge in [-0.1, -0.05) is 25.5 Å². The van der Waals surface area contributed by atoms with Gasteiger partial charge in [-0.15, -0.1) is 0 Å². The fraction of sp³-hybridized carbons (Fsp3) is 0.438. The number of unbranched alkanes of at least 4 members (excludes halogenated alkanes) is 1. The molecule has 0 spiro atoms. The molecule has 228 valence electrons. The van der Waals surface area contributed by atoms with Crippen molar-refractivity contribution >= 4 is 26.7 Å². The SMILES string of the molecule is CCCCS(=O)(=O)[O-].CN(C)c1ccc([S+](c2cccc(OC3CCCO3)c2)c2cccc(OC3CCCO3)c2)cc1. The predicted octanol–water partition coefficient (Wildman–Crippen LogP) is 6.21. The van der Waals surface area contributed by atoms with E-state index in [-0.39, 0.29) is 29.2 Å². The van der Waals surface area contributed by atoms with Crippen molar-refractivity contribution in [1.29, 1.82) is 0 Å². The summed E-state index contributed by atoms with van der Waals surface area (Å²) in [5.41, 5.74) is 1.18. The highest BCUT2D eigenvalue weighted by Gasteiger charge is 2.31. The average Bonchev–Trinajstić information content (AvgIpc) is 3.68. The Balaban J connectivity index is 0.000000446. The highest BCUT2D eigenvalue weighted by Crippen LogP contribution is 2.36. The molecule has 0 radical (unpaired) electrons. The van der Waals surface area contributed by atoms with Crippen LogP contribution < -0.4 is 14.4 Å². The second-order valence-electron chi connectivity index (χ2n) is 10.4. The molecule has 8 nitrogen and oxygen atoms in total. The Morgan fingerprint density at radius 2 is 1.36 bits per heavy atom. The molecule has 0 amide bonds. The maximum Gasteiger partial charge on any atom is 0.199 e. The minimum absolute atomic E-state index is 0.153. The maximum absolute atomic E-state index is 9.83. The summed E-state index contributed by atoms with van der Waals surface area (Å²) in [4.78, 5) is 5.76. The number of nitrogens with zero attached hydrogens (tertiary/aromatic N) is 1. The zero-order valence-electron chi connectivity index (χ0n) is 24.6. The lowest BCUT2D eigenvalue weighted by molar-refractivity contribution is -0.0394. The van der Waals surface area contributed by atoms with E-state index < -0.39 is 10.1 Å². The van der Waals surface area contributed by atoms with E-state index in [1.54, 1.807) is 0 Å². The molecule has 2 heterocycles. The molecule has 2 fully saturated rings. The van der Waals surface area contributed by atoms with Crippen LogP contribution in [0.4, 0.5) is 5.69 Å². The second-order valence-corrected chi connectivity index (χ2v) is 13.9. The lowest BCUT2D eigenvalue weighted by Crippen LogP contribution is -2.15. The van der Waals surface area contributed by atoms with Gasteiger partial charge in [0.05, 0.1) is 34.2 Å². The van der Waals surface area contributed by atoms with Crippen LogP contribution in [0.1, 0.15) is 45.4 Å². The van der Waals surface area contributed by atoms with Crippen molar-refractivity contribution in [2.24, 2.45) is 0 Å². The van der Waals surface area contributed by atoms with Crippen LogP contribution in [0.5, 0.6) is 11.5 Å². The number of anilines is 1. The van der Waals surface area contributed by atoms with Gasteiger partial charge in [0.2, 0.25) is 0 Å². The molecule has 2 aliphatic rings. The van der Waals surface area contributed by atoms with E-state index in [0.29, 0.717) is 6.42 Å². The minimum Gasteiger partial charge on any atom is -0.748 e. The van der Waals surface area contributed by atoms with E-state index in [2.05, 4.69) is 79.7 Å². The number of rotatable bonds is 11. The van der Waals surface area contributed by atoms with Gasteiger partial charge < -0.3 is 28.4 Å². The molecule has 0 aliphatic carbocycles. The molecular weight excluding hydrogens is 574 g/mol. The summed E-state index contributed by atoms with van der Waals surface area (Å²) in [5.74, 6) is 1.47. The van der Waals surface area contributed by atoms with Gasteiger partial charge in [-0.05, 0) is 67.8 Å². The molecule has 2 aliphatic heterocycles. The summed E-state index contributed by atoms with van der Waals surface area (Å²) in [6.45, 7) is 3.38. The maximum atomic E-state index is 9.83. The Morgan fingerprint density at radius 3 is 1.74 bits per heavy atom. The van der Waals surface area contributed by atoms with Crippen molar-refractivity contribution in [3.63, 3.8) is 0 Å². The minimum atomic E-state index is -3.94. The third kappa shape index (κ3) is 9.91. The summed E-state index contributed by atoms with van der Waals surface area (Å²) < 4.78 is 53.2. The van der Waals surface area contributed by atoms with Gasteiger partial charge in [-0.2, -0.15) is 0 Å². The van der Waals surface area contributed by atoms with Crippen LogP contribution in [0.2, 0.25) is 0 Å². The van der Waals surface area contributed by atoms with Crippen LogP contribution >= 0.6 is 0 Å². The number of ether oxygens (including phenoxy) is 4. The monoisotopic (exact) mass is 615 g/mol. The Hall–Kier alpha value is -2.76. The van der Waals surface area contributed by atoms with E-state index >= 15 is 0 Å². The van der Waals surface area contributed by atoms with Crippen molar-refractivity contribution in [2.75, 3.05) is 38.0 Å². The van der Waals surface area contributed by atoms with E-state index in [1.807, 2.05) is 19.1 Å². The molecule has 2 saturated heterocycles. The number of benzene rings is 3. The van der Waals surface area contributed by atoms with Crippen molar-refractivity contribution in [3.05, 3.63) is 72.8 Å². The smallest absolute Gasteiger partial charge is 0.199 e. The molecule has 0 bridgehead atoms. The fourth-order valence-corrected chi connectivity index (χ4v) is 7.31. The van der Waals surface area contributed by atoms with Crippen LogP contribution in [0.25, 0.3) is 0 Å². The molecule has 0 aromatic heterocycles. The van der Waals surface area contributed by atoms with Crippen molar-refractivity contribution < 1.29 is 31.9 Å². The normalized spacial score (nSPS) is 19.0. The largest absolute Gasteiger partial charge is 0.748 e. The summed E-state index contributed by atoms with van der Waals surface area (Å²) >= 11 is 0. The summed E-state index contributed by atoms with van der Waals surface area (Å²) in [5, 5.41) is 0. The van der Waals surface area contributed by atoms with Crippen molar-refractivity contribution in [1.82, 2.24) is 0 Å². The molecule has 2 unspecified atom stereocenters. The number of hydrogen-bond acceptors (Lipinski definition) is 8. The Bertz CT molecular complexity index is 1290.